The number of nitrogens with zero attached hydrogens (tertiary/aromatic N) is 3. The van der Waals surface area contributed by atoms with Gasteiger partial charge in [0.15, 0.2) is 0 Å². The molecule has 1 aliphatic heterocycles. The van der Waals surface area contributed by atoms with Gasteiger partial charge in [0, 0.05) is 42.7 Å². The normalized spacial score (nSPS) is 15.5. The van der Waals surface area contributed by atoms with Crippen LogP contribution in [0.2, 0.25) is 0 Å². The number of benzene rings is 2. The van der Waals surface area contributed by atoms with Crippen LogP contribution in [-0.2, 0) is 9.59 Å². The van der Waals surface area contributed by atoms with Crippen LogP contribution < -0.4 is 19.7 Å². The lowest BCUT2D eigenvalue weighted by atomic mass is 10.1. The number of imidazole rings is 1. The molecule has 4 aromatic rings. The summed E-state index contributed by atoms with van der Waals surface area (Å²) in [5.74, 6) is 0.381. The molecule has 2 aromatic carbocycles. The number of nitrogens with one attached hydrogen (secondary N) is 1. The predicted molar refractivity (Wildman–Crippen MR) is 129 cm³/mol. The third-order valence-electron chi connectivity index (χ3n) is 5.98. The van der Waals surface area contributed by atoms with Gasteiger partial charge in [0.1, 0.15) is 17.1 Å². The lowest BCUT2D eigenvalue weighted by molar-refractivity contribution is -0.122. The molecule has 8 heteroatoms. The third kappa shape index (κ3) is 4.05. The van der Waals surface area contributed by atoms with Crippen molar-refractivity contribution >= 4 is 28.8 Å². The Bertz CT molecular complexity index is 1350. The van der Waals surface area contributed by atoms with E-state index in [1.165, 1.54) is 0 Å². The summed E-state index contributed by atoms with van der Waals surface area (Å²) < 4.78 is 12.7. The SMILES string of the molecule is COc1cccc(N2CC(C(=O)Nc3cc(-c4cn5ccccc5n4)ccc3OC)CC2=O)c1. The van der Waals surface area contributed by atoms with Crippen LogP contribution in [0.15, 0.2) is 73.1 Å². The van der Waals surface area contributed by atoms with Gasteiger partial charge in [0.2, 0.25) is 11.8 Å². The van der Waals surface area contributed by atoms with Gasteiger partial charge in [-0.1, -0.05) is 12.1 Å². The van der Waals surface area contributed by atoms with Crippen LogP contribution in [0, 0.1) is 5.92 Å². The van der Waals surface area contributed by atoms with Crippen molar-refractivity contribution in [2.75, 3.05) is 31.0 Å². The average molecular weight is 457 g/mol. The Morgan fingerprint density at radius 2 is 1.94 bits per heavy atom. The number of pyridine rings is 1. The van der Waals surface area contributed by atoms with Crippen LogP contribution in [0.1, 0.15) is 6.42 Å². The van der Waals surface area contributed by atoms with Crippen LogP contribution in [-0.4, -0.2) is 42.0 Å². The Labute approximate surface area is 196 Å². The molecule has 0 saturated carbocycles. The monoisotopic (exact) mass is 456 g/mol. The number of ether oxygens (including phenoxy) is 2. The molecule has 5 rings (SSSR count). The highest BCUT2D eigenvalue weighted by atomic mass is 16.5. The number of aromatic nitrogens is 2. The van der Waals surface area contributed by atoms with Crippen molar-refractivity contribution in [3.05, 3.63) is 73.1 Å². The molecule has 34 heavy (non-hydrogen) atoms. The fourth-order valence-electron chi connectivity index (χ4n) is 4.18. The molecular weight excluding hydrogens is 432 g/mol. The quantitative estimate of drug-likeness (QED) is 0.474. The molecule has 1 atom stereocenters. The molecule has 0 radical (unpaired) electrons. The standard InChI is InChI=1S/C26H24N4O4/c1-33-20-7-5-6-19(14-20)30-15-18(13-25(30)31)26(32)28-21-12-17(9-10-23(21)34-2)22-16-29-11-4-3-8-24(29)27-22/h3-12,14,16,18H,13,15H2,1-2H3,(H,28,32). The van der Waals surface area contributed by atoms with Crippen molar-refractivity contribution in [1.29, 1.82) is 0 Å². The maximum Gasteiger partial charge on any atom is 0.229 e. The van der Waals surface area contributed by atoms with Gasteiger partial charge in [-0.2, -0.15) is 0 Å². The Balaban J connectivity index is 1.36. The number of hydrogen-bond acceptors (Lipinski definition) is 5. The fourth-order valence-corrected chi connectivity index (χ4v) is 4.18. The van der Waals surface area contributed by atoms with Gasteiger partial charge in [0.25, 0.3) is 0 Å². The topological polar surface area (TPSA) is 85.2 Å². The molecule has 1 saturated heterocycles. The number of amides is 2. The van der Waals surface area contributed by atoms with E-state index in [0.717, 1.165) is 16.9 Å². The minimum absolute atomic E-state index is 0.0983. The van der Waals surface area contributed by atoms with Gasteiger partial charge in [-0.15, -0.1) is 0 Å². The van der Waals surface area contributed by atoms with Crippen molar-refractivity contribution < 1.29 is 19.1 Å². The van der Waals surface area contributed by atoms with E-state index >= 15 is 0 Å². The van der Waals surface area contributed by atoms with Gasteiger partial charge >= 0.3 is 0 Å². The summed E-state index contributed by atoms with van der Waals surface area (Å²) in [6, 6.07) is 18.6. The fraction of sp³-hybridized carbons (Fsp3) is 0.192. The summed E-state index contributed by atoms with van der Waals surface area (Å²) >= 11 is 0. The van der Waals surface area contributed by atoms with Crippen LogP contribution in [0.25, 0.3) is 16.9 Å². The van der Waals surface area contributed by atoms with Crippen LogP contribution >= 0.6 is 0 Å². The van der Waals surface area contributed by atoms with E-state index in [-0.39, 0.29) is 18.2 Å². The van der Waals surface area contributed by atoms with E-state index in [1.807, 2.05) is 65.3 Å². The number of methoxy groups -OCH3 is 2. The Kier molecular flexibility index (Phi) is 5.63. The first-order valence-electron chi connectivity index (χ1n) is 10.9. The third-order valence-corrected chi connectivity index (χ3v) is 5.98. The first kappa shape index (κ1) is 21.5. The summed E-state index contributed by atoms with van der Waals surface area (Å²) in [4.78, 5) is 32.1. The number of fused-ring (bicyclic) bond motifs is 1. The van der Waals surface area contributed by atoms with E-state index in [9.17, 15) is 9.59 Å². The smallest absolute Gasteiger partial charge is 0.229 e. The molecule has 1 fully saturated rings. The molecule has 0 spiro atoms. The number of carbonyl (C=O) groups excluding carboxylic acids is 2. The Hall–Kier alpha value is -4.33. The minimum atomic E-state index is -0.484. The molecule has 1 unspecified atom stereocenters. The number of carbonyl (C=O) groups is 2. The van der Waals surface area contributed by atoms with Crippen LogP contribution in [0.4, 0.5) is 11.4 Å². The summed E-state index contributed by atoms with van der Waals surface area (Å²) in [6.07, 6.45) is 4.01. The second kappa shape index (κ2) is 8.90. The molecule has 1 N–H and O–H groups in total. The lowest BCUT2D eigenvalue weighted by Gasteiger charge is -2.18. The number of rotatable bonds is 6. The van der Waals surface area contributed by atoms with E-state index in [4.69, 9.17) is 9.47 Å². The zero-order valence-corrected chi connectivity index (χ0v) is 18.9. The molecule has 0 aliphatic carbocycles. The first-order chi connectivity index (χ1) is 16.6. The lowest BCUT2D eigenvalue weighted by Crippen LogP contribution is -2.28. The van der Waals surface area contributed by atoms with Crippen molar-refractivity contribution in [1.82, 2.24) is 9.38 Å². The van der Waals surface area contributed by atoms with Crippen molar-refractivity contribution in [2.24, 2.45) is 5.92 Å². The van der Waals surface area contributed by atoms with Gasteiger partial charge in [-0.05, 0) is 42.5 Å². The summed E-state index contributed by atoms with van der Waals surface area (Å²) in [5, 5.41) is 2.96. The highest BCUT2D eigenvalue weighted by molar-refractivity contribution is 6.04. The molecule has 3 heterocycles. The van der Waals surface area contributed by atoms with Crippen LogP contribution in [0.5, 0.6) is 11.5 Å². The number of anilines is 2. The molecule has 172 valence electrons. The second-order valence-corrected chi connectivity index (χ2v) is 8.10. The average Bonchev–Trinajstić information content (AvgIpc) is 3.48. The summed E-state index contributed by atoms with van der Waals surface area (Å²) in [6.45, 7) is 0.298. The van der Waals surface area contributed by atoms with E-state index in [2.05, 4.69) is 10.3 Å². The summed E-state index contributed by atoms with van der Waals surface area (Å²) in [5.41, 5.74) is 3.71. The maximum absolute atomic E-state index is 13.1. The molecular formula is C26H24N4O4. The summed E-state index contributed by atoms with van der Waals surface area (Å²) in [7, 11) is 3.13. The van der Waals surface area contributed by atoms with Crippen molar-refractivity contribution in [2.45, 2.75) is 6.42 Å². The zero-order valence-electron chi connectivity index (χ0n) is 18.9. The maximum atomic E-state index is 13.1. The van der Waals surface area contributed by atoms with Gasteiger partial charge < -0.3 is 24.1 Å². The molecule has 2 aromatic heterocycles. The molecule has 1 aliphatic rings. The van der Waals surface area contributed by atoms with Crippen molar-refractivity contribution in [3.8, 4) is 22.8 Å². The minimum Gasteiger partial charge on any atom is -0.497 e. The van der Waals surface area contributed by atoms with Crippen molar-refractivity contribution in [3.63, 3.8) is 0 Å². The Morgan fingerprint density at radius 3 is 2.74 bits per heavy atom. The van der Waals surface area contributed by atoms with E-state index < -0.39 is 5.92 Å². The van der Waals surface area contributed by atoms with E-state index in [0.29, 0.717) is 29.4 Å². The highest BCUT2D eigenvalue weighted by Crippen LogP contribution is 2.33. The number of hydrogen-bond donors (Lipinski definition) is 1. The first-order valence-corrected chi connectivity index (χ1v) is 10.9. The van der Waals surface area contributed by atoms with Gasteiger partial charge in [-0.25, -0.2) is 4.98 Å². The van der Waals surface area contributed by atoms with E-state index in [1.54, 1.807) is 31.3 Å². The van der Waals surface area contributed by atoms with Gasteiger partial charge in [0.05, 0.1) is 31.5 Å². The molecule has 8 nitrogen and oxygen atoms in total. The zero-order chi connectivity index (χ0) is 23.7. The molecule has 2 amide bonds. The van der Waals surface area contributed by atoms with Crippen LogP contribution in [0.3, 0.4) is 0 Å². The highest BCUT2D eigenvalue weighted by Gasteiger charge is 2.35. The second-order valence-electron chi connectivity index (χ2n) is 8.10. The van der Waals surface area contributed by atoms with Gasteiger partial charge in [-0.3, -0.25) is 9.59 Å². The largest absolute Gasteiger partial charge is 0.497 e. The Morgan fingerprint density at radius 1 is 1.06 bits per heavy atom. The molecule has 0 bridgehead atoms. The predicted octanol–water partition coefficient (Wildman–Crippen LogP) is 4.01.